The van der Waals surface area contributed by atoms with Crippen molar-refractivity contribution in [1.29, 1.82) is 0 Å². The van der Waals surface area contributed by atoms with Crippen LogP contribution >= 0.6 is 0 Å². The van der Waals surface area contributed by atoms with Gasteiger partial charge >= 0.3 is 0 Å². The van der Waals surface area contributed by atoms with Crippen LogP contribution in [0.3, 0.4) is 0 Å². The number of amides is 2. The maximum atomic E-state index is 12.3. The van der Waals surface area contributed by atoms with E-state index in [9.17, 15) is 9.59 Å². The molecule has 1 saturated heterocycles. The molecule has 2 amide bonds. The first-order chi connectivity index (χ1) is 14.0. The van der Waals surface area contributed by atoms with Crippen LogP contribution in [-0.4, -0.2) is 59.1 Å². The molecule has 2 aromatic heterocycles. The number of pyridine rings is 1. The summed E-state index contributed by atoms with van der Waals surface area (Å²) in [5, 5.41) is 9.74. The lowest BCUT2D eigenvalue weighted by molar-refractivity contribution is -0.123. The van der Waals surface area contributed by atoms with Crippen LogP contribution in [0, 0.1) is 6.92 Å². The fraction of sp³-hybridized carbons (Fsp3) is 0.524. The van der Waals surface area contributed by atoms with Crippen molar-refractivity contribution in [2.24, 2.45) is 0 Å². The molecule has 1 aliphatic rings. The fourth-order valence-corrected chi connectivity index (χ4v) is 3.70. The van der Waals surface area contributed by atoms with Crippen molar-refractivity contribution in [3.63, 3.8) is 0 Å². The molecular formula is C21H29N5O3. The summed E-state index contributed by atoms with van der Waals surface area (Å²) in [6, 6.07) is 7.99. The van der Waals surface area contributed by atoms with Crippen molar-refractivity contribution >= 4 is 11.8 Å². The Bertz CT molecular complexity index is 808. The fourth-order valence-electron chi connectivity index (χ4n) is 3.70. The zero-order valence-electron chi connectivity index (χ0n) is 17.1. The Morgan fingerprint density at radius 1 is 1.21 bits per heavy atom. The van der Waals surface area contributed by atoms with E-state index in [1.807, 2.05) is 32.2 Å². The standard InChI is InChI=1S/C21H29N5O3/c1-15-11-19(29-25-15)13-21(28)24-14-18-7-6-17(26(18)2)12-20(27)23-10-8-16-5-3-4-9-22-16/h3-5,9,11,17-18H,6-8,10,12-14H2,1-2H3,(H,23,27)(H,24,28)/t17-,18+/m1/s1. The second kappa shape index (κ2) is 10.2. The van der Waals surface area contributed by atoms with Gasteiger partial charge in [-0.3, -0.25) is 19.5 Å². The molecule has 156 valence electrons. The third-order valence-electron chi connectivity index (χ3n) is 5.38. The monoisotopic (exact) mass is 399 g/mol. The maximum Gasteiger partial charge on any atom is 0.227 e. The van der Waals surface area contributed by atoms with E-state index in [1.54, 1.807) is 12.3 Å². The van der Waals surface area contributed by atoms with Gasteiger partial charge in [0.1, 0.15) is 5.76 Å². The molecule has 29 heavy (non-hydrogen) atoms. The smallest absolute Gasteiger partial charge is 0.227 e. The Morgan fingerprint density at radius 2 is 2.03 bits per heavy atom. The van der Waals surface area contributed by atoms with E-state index in [4.69, 9.17) is 4.52 Å². The van der Waals surface area contributed by atoms with Crippen molar-refractivity contribution in [3.8, 4) is 0 Å². The summed E-state index contributed by atoms with van der Waals surface area (Å²) in [6.07, 6.45) is 5.07. The molecule has 3 rings (SSSR count). The molecule has 0 aliphatic carbocycles. The number of carbonyl (C=O) groups is 2. The summed E-state index contributed by atoms with van der Waals surface area (Å²) >= 11 is 0. The molecule has 2 atom stereocenters. The first-order valence-corrected chi connectivity index (χ1v) is 10.1. The molecule has 2 N–H and O–H groups in total. The number of nitrogens with one attached hydrogen (secondary N) is 2. The lowest BCUT2D eigenvalue weighted by atomic mass is 10.1. The summed E-state index contributed by atoms with van der Waals surface area (Å²) in [6.45, 7) is 2.99. The Balaban J connectivity index is 1.34. The van der Waals surface area contributed by atoms with E-state index in [2.05, 4.69) is 25.7 Å². The van der Waals surface area contributed by atoms with Gasteiger partial charge in [0, 0.05) is 56.0 Å². The molecule has 0 aromatic carbocycles. The number of carbonyl (C=O) groups excluding carboxylic acids is 2. The van der Waals surface area contributed by atoms with Crippen molar-refractivity contribution in [2.45, 2.75) is 51.1 Å². The molecular weight excluding hydrogens is 370 g/mol. The van der Waals surface area contributed by atoms with E-state index in [0.29, 0.717) is 25.3 Å². The van der Waals surface area contributed by atoms with Crippen molar-refractivity contribution in [2.75, 3.05) is 20.1 Å². The molecule has 0 bridgehead atoms. The summed E-state index contributed by atoms with van der Waals surface area (Å²) < 4.78 is 5.08. The SMILES string of the molecule is Cc1cc(CC(=O)NC[C@@H]2CC[C@H](CC(=O)NCCc3ccccn3)N2C)on1. The topological polar surface area (TPSA) is 100 Å². The van der Waals surface area contributed by atoms with E-state index in [0.717, 1.165) is 30.7 Å². The van der Waals surface area contributed by atoms with Gasteiger partial charge in [0.25, 0.3) is 0 Å². The van der Waals surface area contributed by atoms with E-state index < -0.39 is 0 Å². The van der Waals surface area contributed by atoms with Crippen molar-refractivity contribution in [1.82, 2.24) is 25.7 Å². The second-order valence-electron chi connectivity index (χ2n) is 7.59. The van der Waals surface area contributed by atoms with Crippen LogP contribution in [-0.2, 0) is 22.4 Å². The van der Waals surface area contributed by atoms with Gasteiger partial charge in [0.05, 0.1) is 12.1 Å². The molecule has 2 aromatic rings. The highest BCUT2D eigenvalue weighted by Crippen LogP contribution is 2.24. The quantitative estimate of drug-likeness (QED) is 0.658. The minimum absolute atomic E-state index is 0.0585. The highest BCUT2D eigenvalue weighted by molar-refractivity contribution is 5.78. The molecule has 3 heterocycles. The Hall–Kier alpha value is -2.74. The third kappa shape index (κ3) is 6.39. The van der Waals surface area contributed by atoms with Crippen LogP contribution < -0.4 is 10.6 Å². The van der Waals surface area contributed by atoms with Gasteiger partial charge in [-0.15, -0.1) is 0 Å². The van der Waals surface area contributed by atoms with Gasteiger partial charge in [0.15, 0.2) is 0 Å². The van der Waals surface area contributed by atoms with Gasteiger partial charge in [0.2, 0.25) is 11.8 Å². The highest BCUT2D eigenvalue weighted by atomic mass is 16.5. The minimum atomic E-state index is -0.0785. The average Bonchev–Trinajstić information content (AvgIpc) is 3.26. The number of hydrogen-bond acceptors (Lipinski definition) is 6. The first-order valence-electron chi connectivity index (χ1n) is 10.1. The van der Waals surface area contributed by atoms with Crippen molar-refractivity contribution < 1.29 is 14.1 Å². The summed E-state index contributed by atoms with van der Waals surface area (Å²) in [4.78, 5) is 30.8. The number of nitrogens with zero attached hydrogens (tertiary/aromatic N) is 3. The highest BCUT2D eigenvalue weighted by Gasteiger charge is 2.31. The Labute approximate surface area is 171 Å². The van der Waals surface area contributed by atoms with Gasteiger partial charge < -0.3 is 15.2 Å². The van der Waals surface area contributed by atoms with E-state index in [1.165, 1.54) is 0 Å². The Morgan fingerprint density at radius 3 is 2.76 bits per heavy atom. The van der Waals surface area contributed by atoms with Crippen LogP contribution in [0.15, 0.2) is 35.0 Å². The lowest BCUT2D eigenvalue weighted by Crippen LogP contribution is -2.42. The van der Waals surface area contributed by atoms with Crippen LogP contribution in [0.2, 0.25) is 0 Å². The average molecular weight is 399 g/mol. The summed E-state index contributed by atoms with van der Waals surface area (Å²) in [5.41, 5.74) is 1.74. The second-order valence-corrected chi connectivity index (χ2v) is 7.59. The largest absolute Gasteiger partial charge is 0.361 e. The molecule has 0 radical (unpaired) electrons. The third-order valence-corrected chi connectivity index (χ3v) is 5.38. The van der Waals surface area contributed by atoms with Crippen LogP contribution in [0.25, 0.3) is 0 Å². The molecule has 8 nitrogen and oxygen atoms in total. The number of rotatable bonds is 9. The molecule has 1 aliphatic heterocycles. The number of aromatic nitrogens is 2. The molecule has 8 heteroatoms. The number of hydrogen-bond donors (Lipinski definition) is 2. The van der Waals surface area contributed by atoms with Gasteiger partial charge in [-0.25, -0.2) is 0 Å². The zero-order chi connectivity index (χ0) is 20.6. The predicted octanol–water partition coefficient (Wildman–Crippen LogP) is 1.25. The summed E-state index contributed by atoms with van der Waals surface area (Å²) in [5.74, 6) is 0.549. The molecule has 0 saturated carbocycles. The number of aryl methyl sites for hydroxylation is 1. The summed E-state index contributed by atoms with van der Waals surface area (Å²) in [7, 11) is 2.02. The maximum absolute atomic E-state index is 12.3. The van der Waals surface area contributed by atoms with Gasteiger partial charge in [-0.1, -0.05) is 11.2 Å². The molecule has 0 unspecified atom stereocenters. The van der Waals surface area contributed by atoms with Gasteiger partial charge in [-0.2, -0.15) is 0 Å². The van der Waals surface area contributed by atoms with Crippen LogP contribution in [0.5, 0.6) is 0 Å². The van der Waals surface area contributed by atoms with Crippen molar-refractivity contribution in [3.05, 3.63) is 47.6 Å². The molecule has 1 fully saturated rings. The Kier molecular flexibility index (Phi) is 7.35. The number of likely N-dealkylation sites (N-methyl/N-ethyl adjacent to an activating group) is 1. The zero-order valence-corrected chi connectivity index (χ0v) is 17.1. The minimum Gasteiger partial charge on any atom is -0.361 e. The van der Waals surface area contributed by atoms with Crippen LogP contribution in [0.4, 0.5) is 0 Å². The van der Waals surface area contributed by atoms with E-state index >= 15 is 0 Å². The van der Waals surface area contributed by atoms with E-state index in [-0.39, 0.29) is 30.3 Å². The predicted molar refractivity (Wildman–Crippen MR) is 108 cm³/mol. The normalized spacial score (nSPS) is 19.2. The first kappa shape index (κ1) is 21.0. The number of likely N-dealkylation sites (tertiary alicyclic amines) is 1. The lowest BCUT2D eigenvalue weighted by Gasteiger charge is -2.25. The molecule has 0 spiro atoms. The van der Waals surface area contributed by atoms with Gasteiger partial charge in [-0.05, 0) is 38.9 Å². The van der Waals surface area contributed by atoms with Crippen LogP contribution in [0.1, 0.15) is 36.4 Å².